The number of rotatable bonds is 26. The standard InChI is InChI=1S/C38H67NO13/c1-3-5-7-9-11-12-13-14-15-16-17-19-21-27(42)26(39-30(43)22-20-18-10-8-6-4-2)25-49-37-35(48)33(46)36(29(24-41)51-37)52-38-34(47)32(45)31(44)28(23-40)50-38/h9,11,14-15,19,21,26-29,31-38,40-42,44-48H,3-8,10,12-13,16-18,20,22-25H2,1-2H3,(H,39,43)/b11-9+,15-14+,21-19+. The van der Waals surface area contributed by atoms with Gasteiger partial charge >= 0.3 is 0 Å². The molecule has 14 nitrogen and oxygen atoms in total. The van der Waals surface area contributed by atoms with Crippen molar-refractivity contribution in [3.05, 3.63) is 36.5 Å². The molecule has 0 bridgehead atoms. The van der Waals surface area contributed by atoms with E-state index in [1.54, 1.807) is 6.08 Å². The Hall–Kier alpha value is -1.79. The van der Waals surface area contributed by atoms with Gasteiger partial charge in [0.2, 0.25) is 5.91 Å². The smallest absolute Gasteiger partial charge is 0.220 e. The van der Waals surface area contributed by atoms with Crippen LogP contribution in [-0.2, 0) is 23.7 Å². The summed E-state index contributed by atoms with van der Waals surface area (Å²) in [6, 6.07) is -0.928. The van der Waals surface area contributed by atoms with Gasteiger partial charge < -0.3 is 65.1 Å². The van der Waals surface area contributed by atoms with E-state index in [9.17, 15) is 45.6 Å². The first kappa shape index (κ1) is 46.4. The zero-order valence-corrected chi connectivity index (χ0v) is 31.0. The van der Waals surface area contributed by atoms with E-state index < -0.39 is 86.8 Å². The average molecular weight is 746 g/mol. The van der Waals surface area contributed by atoms with Crippen LogP contribution in [0.1, 0.15) is 104 Å². The van der Waals surface area contributed by atoms with Crippen molar-refractivity contribution in [2.24, 2.45) is 0 Å². The second kappa shape index (κ2) is 26.9. The van der Waals surface area contributed by atoms with Crippen molar-refractivity contribution in [2.45, 2.75) is 177 Å². The molecule has 1 amide bonds. The Morgan fingerprint density at radius 2 is 1.23 bits per heavy atom. The van der Waals surface area contributed by atoms with Crippen molar-refractivity contribution < 1.29 is 64.6 Å². The molecule has 302 valence electrons. The zero-order valence-electron chi connectivity index (χ0n) is 31.0. The summed E-state index contributed by atoms with van der Waals surface area (Å²) in [7, 11) is 0. The van der Waals surface area contributed by atoms with Gasteiger partial charge in [-0.05, 0) is 38.5 Å². The third kappa shape index (κ3) is 16.3. The van der Waals surface area contributed by atoms with E-state index in [2.05, 4.69) is 43.5 Å². The average Bonchev–Trinajstić information content (AvgIpc) is 3.14. The fraction of sp³-hybridized carbons (Fsp3) is 0.816. The lowest BCUT2D eigenvalue weighted by molar-refractivity contribution is -0.359. The summed E-state index contributed by atoms with van der Waals surface area (Å²) in [6.45, 7) is 2.57. The highest BCUT2D eigenvalue weighted by atomic mass is 16.7. The minimum Gasteiger partial charge on any atom is -0.394 e. The van der Waals surface area contributed by atoms with Crippen LogP contribution in [0.2, 0.25) is 0 Å². The molecular weight excluding hydrogens is 678 g/mol. The van der Waals surface area contributed by atoms with Crippen molar-refractivity contribution in [3.8, 4) is 0 Å². The van der Waals surface area contributed by atoms with Crippen molar-refractivity contribution in [1.82, 2.24) is 5.32 Å². The Morgan fingerprint density at radius 3 is 1.87 bits per heavy atom. The first-order valence-electron chi connectivity index (χ1n) is 19.2. The van der Waals surface area contributed by atoms with Crippen molar-refractivity contribution in [2.75, 3.05) is 19.8 Å². The second-order valence-electron chi connectivity index (χ2n) is 13.7. The Kier molecular flexibility index (Phi) is 24.0. The van der Waals surface area contributed by atoms with E-state index in [1.807, 2.05) is 6.08 Å². The number of aliphatic hydroxyl groups excluding tert-OH is 8. The van der Waals surface area contributed by atoms with Gasteiger partial charge in [-0.15, -0.1) is 0 Å². The lowest BCUT2D eigenvalue weighted by atomic mass is 9.97. The van der Waals surface area contributed by atoms with E-state index in [1.165, 1.54) is 12.8 Å². The molecule has 0 spiro atoms. The molecule has 12 atom stereocenters. The second-order valence-corrected chi connectivity index (χ2v) is 13.7. The third-order valence-corrected chi connectivity index (χ3v) is 9.31. The predicted molar refractivity (Wildman–Crippen MR) is 194 cm³/mol. The molecule has 0 saturated carbocycles. The van der Waals surface area contributed by atoms with Crippen LogP contribution in [0.4, 0.5) is 0 Å². The first-order valence-corrected chi connectivity index (χ1v) is 19.2. The van der Waals surface area contributed by atoms with Crippen molar-refractivity contribution in [3.63, 3.8) is 0 Å². The van der Waals surface area contributed by atoms with Crippen LogP contribution >= 0.6 is 0 Å². The third-order valence-electron chi connectivity index (χ3n) is 9.31. The summed E-state index contributed by atoms with van der Waals surface area (Å²) in [6.07, 6.45) is 8.22. The SMILES string of the molecule is CCCC/C=C/CC/C=C/CC/C=C/C(O)C(COC1OC(CO)C(OC2OC(CO)C(O)C(O)C2O)C(O)C1O)NC(=O)CCCCCCCC. The number of carbonyl (C=O) groups excluding carboxylic acids is 1. The molecule has 0 radical (unpaired) electrons. The highest BCUT2D eigenvalue weighted by molar-refractivity contribution is 5.76. The Balaban J connectivity index is 1.99. The summed E-state index contributed by atoms with van der Waals surface area (Å²) < 4.78 is 22.4. The van der Waals surface area contributed by atoms with E-state index >= 15 is 0 Å². The maximum absolute atomic E-state index is 12.9. The van der Waals surface area contributed by atoms with Crippen LogP contribution in [-0.4, -0.2) is 140 Å². The lowest BCUT2D eigenvalue weighted by Crippen LogP contribution is -2.65. The molecule has 2 aliphatic heterocycles. The van der Waals surface area contributed by atoms with E-state index in [0.717, 1.165) is 57.8 Å². The number of ether oxygens (including phenoxy) is 4. The summed E-state index contributed by atoms with van der Waals surface area (Å²) >= 11 is 0. The minimum absolute atomic E-state index is 0.266. The molecule has 0 aromatic heterocycles. The Bertz CT molecular complexity index is 1020. The number of hydrogen-bond donors (Lipinski definition) is 9. The van der Waals surface area contributed by atoms with Gasteiger partial charge in [0.05, 0.1) is 32.0 Å². The van der Waals surface area contributed by atoms with Crippen LogP contribution in [0.25, 0.3) is 0 Å². The predicted octanol–water partition coefficient (Wildman–Crippen LogP) is 1.64. The highest BCUT2D eigenvalue weighted by Crippen LogP contribution is 2.29. The van der Waals surface area contributed by atoms with Crippen LogP contribution in [0, 0.1) is 0 Å². The molecule has 12 unspecified atom stereocenters. The quantitative estimate of drug-likeness (QED) is 0.0454. The van der Waals surface area contributed by atoms with Gasteiger partial charge in [-0.2, -0.15) is 0 Å². The van der Waals surface area contributed by atoms with Gasteiger partial charge in [-0.3, -0.25) is 4.79 Å². The minimum atomic E-state index is -1.79. The number of allylic oxidation sites excluding steroid dienone is 5. The Labute approximate surface area is 309 Å². The molecule has 52 heavy (non-hydrogen) atoms. The number of unbranched alkanes of at least 4 members (excludes halogenated alkanes) is 9. The zero-order chi connectivity index (χ0) is 38.3. The molecule has 2 rings (SSSR count). The Morgan fingerprint density at radius 1 is 0.673 bits per heavy atom. The summed E-state index contributed by atoms with van der Waals surface area (Å²) in [5.74, 6) is -0.269. The van der Waals surface area contributed by atoms with Crippen LogP contribution in [0.15, 0.2) is 36.5 Å². The van der Waals surface area contributed by atoms with E-state index in [4.69, 9.17) is 18.9 Å². The van der Waals surface area contributed by atoms with Gasteiger partial charge in [0.15, 0.2) is 12.6 Å². The number of carbonyl (C=O) groups is 1. The van der Waals surface area contributed by atoms with E-state index in [0.29, 0.717) is 12.8 Å². The fourth-order valence-corrected chi connectivity index (χ4v) is 6.01. The van der Waals surface area contributed by atoms with Gasteiger partial charge in [-0.1, -0.05) is 95.2 Å². The molecule has 9 N–H and O–H groups in total. The molecule has 2 fully saturated rings. The van der Waals surface area contributed by atoms with E-state index in [-0.39, 0.29) is 18.9 Å². The summed E-state index contributed by atoms with van der Waals surface area (Å²) in [4.78, 5) is 12.9. The lowest BCUT2D eigenvalue weighted by Gasteiger charge is -2.46. The first-order chi connectivity index (χ1) is 25.1. The van der Waals surface area contributed by atoms with Gasteiger partial charge in [0.1, 0.15) is 48.8 Å². The van der Waals surface area contributed by atoms with Crippen LogP contribution < -0.4 is 5.32 Å². The maximum Gasteiger partial charge on any atom is 0.220 e. The molecular formula is C38H67NO13. The molecule has 14 heteroatoms. The number of nitrogens with one attached hydrogen (secondary N) is 1. The number of hydrogen-bond acceptors (Lipinski definition) is 13. The molecule has 2 saturated heterocycles. The van der Waals surface area contributed by atoms with Crippen LogP contribution in [0.5, 0.6) is 0 Å². The molecule has 2 heterocycles. The normalized spacial score (nSPS) is 31.1. The topological polar surface area (TPSA) is 228 Å². The molecule has 0 aromatic carbocycles. The van der Waals surface area contributed by atoms with Crippen molar-refractivity contribution in [1.29, 1.82) is 0 Å². The summed E-state index contributed by atoms with van der Waals surface area (Å²) in [5, 5.41) is 85.8. The molecule has 0 aliphatic carbocycles. The maximum atomic E-state index is 12.9. The summed E-state index contributed by atoms with van der Waals surface area (Å²) in [5.41, 5.74) is 0. The number of amides is 1. The highest BCUT2D eigenvalue weighted by Gasteiger charge is 2.50. The molecule has 0 aromatic rings. The van der Waals surface area contributed by atoms with Gasteiger partial charge in [0, 0.05) is 6.42 Å². The van der Waals surface area contributed by atoms with Gasteiger partial charge in [0.25, 0.3) is 0 Å². The monoisotopic (exact) mass is 745 g/mol. The number of aliphatic hydroxyl groups is 8. The van der Waals surface area contributed by atoms with Gasteiger partial charge in [-0.25, -0.2) is 0 Å². The fourth-order valence-electron chi connectivity index (χ4n) is 6.01. The molecule has 2 aliphatic rings. The van der Waals surface area contributed by atoms with Crippen LogP contribution in [0.3, 0.4) is 0 Å². The van der Waals surface area contributed by atoms with Crippen molar-refractivity contribution >= 4 is 5.91 Å². The largest absolute Gasteiger partial charge is 0.394 e.